The predicted molar refractivity (Wildman–Crippen MR) is 87.9 cm³/mol. The van der Waals surface area contributed by atoms with E-state index >= 15 is 0 Å². The summed E-state index contributed by atoms with van der Waals surface area (Å²) >= 11 is 0. The summed E-state index contributed by atoms with van der Waals surface area (Å²) in [6, 6.07) is 9.56. The molecule has 2 saturated heterocycles. The number of carbonyl (C=O) groups is 1. The van der Waals surface area contributed by atoms with Crippen molar-refractivity contribution in [3.05, 3.63) is 35.9 Å². The number of amides is 1. The largest absolute Gasteiger partial charge is 0.465 e. The van der Waals surface area contributed by atoms with Crippen LogP contribution in [0.2, 0.25) is 0 Å². The Kier molecular flexibility index (Phi) is 4.80. The molecule has 1 aromatic rings. The first kappa shape index (κ1) is 17.2. The Hall–Kier alpha value is -1.63. The summed E-state index contributed by atoms with van der Waals surface area (Å²) in [7, 11) is 0. The maximum atomic E-state index is 11.7. The molecule has 2 aliphatic rings. The van der Waals surface area contributed by atoms with Gasteiger partial charge < -0.3 is 24.2 Å². The topological polar surface area (TPSA) is 71.5 Å². The van der Waals surface area contributed by atoms with Crippen LogP contribution < -0.4 is 0 Å². The molecule has 1 aromatic carbocycles. The Bertz CT molecular complexity index is 571. The number of nitrogens with zero attached hydrogens (tertiary/aromatic N) is 1. The molecule has 0 spiro atoms. The Morgan fingerprint density at radius 1 is 1.38 bits per heavy atom. The number of carboxylic acid groups (broad SMARTS) is 1. The predicted octanol–water partition coefficient (Wildman–Crippen LogP) is 2.52. The Labute approximate surface area is 142 Å². The molecule has 0 aliphatic carbocycles. The van der Waals surface area contributed by atoms with E-state index in [0.717, 1.165) is 5.56 Å². The summed E-state index contributed by atoms with van der Waals surface area (Å²) in [5.41, 5.74) is 0.556. The van der Waals surface area contributed by atoms with Gasteiger partial charge in [0, 0.05) is 6.54 Å². The Balaban J connectivity index is 1.71. The third-order valence-corrected chi connectivity index (χ3v) is 4.16. The molecule has 132 valence electrons. The number of hydrogen-bond donors (Lipinski definition) is 1. The highest BCUT2D eigenvalue weighted by atomic mass is 16.7. The Morgan fingerprint density at radius 2 is 2.08 bits per heavy atom. The van der Waals surface area contributed by atoms with Gasteiger partial charge in [-0.05, 0) is 26.3 Å². The summed E-state index contributed by atoms with van der Waals surface area (Å²) in [5.74, 6) is 0. The lowest BCUT2D eigenvalue weighted by Gasteiger charge is -2.34. The van der Waals surface area contributed by atoms with Gasteiger partial charge in [-0.1, -0.05) is 30.3 Å². The molecule has 0 aromatic heterocycles. The fourth-order valence-electron chi connectivity index (χ4n) is 3.09. The first-order chi connectivity index (χ1) is 11.3. The van der Waals surface area contributed by atoms with Crippen LogP contribution >= 0.6 is 0 Å². The smallest absolute Gasteiger partial charge is 0.407 e. The molecule has 0 radical (unpaired) electrons. The second-order valence-electron chi connectivity index (χ2n) is 7.35. The highest BCUT2D eigenvalue weighted by molar-refractivity contribution is 5.65. The highest BCUT2D eigenvalue weighted by Gasteiger charge is 2.55. The quantitative estimate of drug-likeness (QED) is 0.809. The van der Waals surface area contributed by atoms with Crippen LogP contribution in [-0.4, -0.2) is 59.3 Å². The van der Waals surface area contributed by atoms with Crippen LogP contribution in [0.1, 0.15) is 26.3 Å². The summed E-state index contributed by atoms with van der Waals surface area (Å²) in [6.07, 6.45) is -1.36. The first-order valence-electron chi connectivity index (χ1n) is 8.30. The molecular weight excluding hydrogens is 310 g/mol. The van der Waals surface area contributed by atoms with Crippen molar-refractivity contribution in [2.24, 2.45) is 0 Å². The molecule has 0 saturated carbocycles. The average Bonchev–Trinajstić information content (AvgIpc) is 3.16. The highest BCUT2D eigenvalue weighted by Crippen LogP contribution is 2.37. The van der Waals surface area contributed by atoms with Crippen molar-refractivity contribution < 1.29 is 24.1 Å². The summed E-state index contributed by atoms with van der Waals surface area (Å²) in [5, 5.41) is 9.60. The fraction of sp³-hybridized carbons (Fsp3) is 0.611. The van der Waals surface area contributed by atoms with E-state index in [-0.39, 0.29) is 31.0 Å². The molecule has 0 bridgehead atoms. The van der Waals surface area contributed by atoms with Crippen molar-refractivity contribution in [1.29, 1.82) is 0 Å². The normalized spacial score (nSPS) is 26.7. The van der Waals surface area contributed by atoms with Gasteiger partial charge in [-0.3, -0.25) is 0 Å². The number of fused-ring (bicyclic) bond motifs is 1. The second-order valence-corrected chi connectivity index (χ2v) is 7.35. The van der Waals surface area contributed by atoms with E-state index in [4.69, 9.17) is 14.2 Å². The molecule has 4 atom stereocenters. The van der Waals surface area contributed by atoms with Gasteiger partial charge in [-0.25, -0.2) is 4.79 Å². The van der Waals surface area contributed by atoms with E-state index in [1.807, 2.05) is 51.1 Å². The maximum absolute atomic E-state index is 11.7. The summed E-state index contributed by atoms with van der Waals surface area (Å²) in [4.78, 5) is 13.1. The van der Waals surface area contributed by atoms with Gasteiger partial charge in [0.2, 0.25) is 0 Å². The molecule has 0 unspecified atom stereocenters. The minimum absolute atomic E-state index is 0.0321. The minimum Gasteiger partial charge on any atom is -0.465 e. The van der Waals surface area contributed by atoms with Crippen molar-refractivity contribution in [1.82, 2.24) is 4.90 Å². The van der Waals surface area contributed by atoms with Gasteiger partial charge in [0.05, 0.1) is 18.8 Å². The molecule has 3 rings (SSSR count). The van der Waals surface area contributed by atoms with Gasteiger partial charge in [-0.15, -0.1) is 0 Å². The number of epoxide rings is 1. The van der Waals surface area contributed by atoms with Crippen molar-refractivity contribution >= 4 is 6.09 Å². The number of hydrogen-bond acceptors (Lipinski definition) is 4. The van der Waals surface area contributed by atoms with Gasteiger partial charge >= 0.3 is 6.09 Å². The number of rotatable bonds is 6. The number of ether oxygens (including phenoxy) is 3. The molecule has 1 N–H and O–H groups in total. The summed E-state index contributed by atoms with van der Waals surface area (Å²) in [6.45, 7) is 7.01. The molecule has 1 amide bonds. The maximum Gasteiger partial charge on any atom is 0.407 e. The molecule has 2 fully saturated rings. The summed E-state index contributed by atoms with van der Waals surface area (Å²) < 4.78 is 17.5. The van der Waals surface area contributed by atoms with Crippen LogP contribution in [0, 0.1) is 0 Å². The van der Waals surface area contributed by atoms with Gasteiger partial charge in [0.1, 0.15) is 24.4 Å². The SMILES string of the molecule is CC(C)(C)O[C@H](CN(Cc1ccccc1)C(=O)O)[C@H]1OC[C@@H]2O[C@H]12. The fourth-order valence-corrected chi connectivity index (χ4v) is 3.09. The van der Waals surface area contributed by atoms with Crippen LogP contribution in [0.5, 0.6) is 0 Å². The van der Waals surface area contributed by atoms with Gasteiger partial charge in [0.15, 0.2) is 0 Å². The van der Waals surface area contributed by atoms with E-state index in [9.17, 15) is 9.90 Å². The lowest BCUT2D eigenvalue weighted by molar-refractivity contribution is -0.138. The first-order valence-corrected chi connectivity index (χ1v) is 8.30. The van der Waals surface area contributed by atoms with E-state index < -0.39 is 11.7 Å². The van der Waals surface area contributed by atoms with Crippen LogP contribution in [0.15, 0.2) is 30.3 Å². The van der Waals surface area contributed by atoms with Gasteiger partial charge in [-0.2, -0.15) is 0 Å². The third kappa shape index (κ3) is 4.26. The molecule has 6 heteroatoms. The molecule has 6 nitrogen and oxygen atoms in total. The average molecular weight is 335 g/mol. The van der Waals surface area contributed by atoms with Crippen LogP contribution in [0.25, 0.3) is 0 Å². The van der Waals surface area contributed by atoms with Crippen molar-refractivity contribution in [2.45, 2.75) is 57.3 Å². The van der Waals surface area contributed by atoms with Crippen LogP contribution in [0.4, 0.5) is 4.79 Å². The zero-order valence-corrected chi connectivity index (χ0v) is 14.3. The molecule has 24 heavy (non-hydrogen) atoms. The van der Waals surface area contributed by atoms with Crippen molar-refractivity contribution in [2.75, 3.05) is 13.2 Å². The van der Waals surface area contributed by atoms with E-state index in [1.54, 1.807) is 0 Å². The van der Waals surface area contributed by atoms with Crippen molar-refractivity contribution in [3.8, 4) is 0 Å². The van der Waals surface area contributed by atoms with Gasteiger partial charge in [0.25, 0.3) is 0 Å². The molecule has 2 aliphatic heterocycles. The zero-order chi connectivity index (χ0) is 17.3. The molecular formula is C18H25NO5. The van der Waals surface area contributed by atoms with E-state index in [0.29, 0.717) is 13.2 Å². The lowest BCUT2D eigenvalue weighted by Crippen LogP contribution is -2.47. The zero-order valence-electron chi connectivity index (χ0n) is 14.3. The standard InChI is InChI=1S/C18H25NO5/c1-18(2,3)24-13(15-16-14(23-16)11-22-15)10-19(17(20)21)9-12-7-5-4-6-8-12/h4-8,13-16H,9-11H2,1-3H3,(H,20,21)/t13-,14+,15-,16+/m1/s1. The second kappa shape index (κ2) is 6.70. The molecule has 2 heterocycles. The number of benzene rings is 1. The lowest BCUT2D eigenvalue weighted by atomic mass is 10.1. The van der Waals surface area contributed by atoms with Crippen LogP contribution in [0.3, 0.4) is 0 Å². The third-order valence-electron chi connectivity index (χ3n) is 4.16. The Morgan fingerprint density at radius 3 is 2.58 bits per heavy atom. The van der Waals surface area contributed by atoms with E-state index in [1.165, 1.54) is 4.90 Å². The van der Waals surface area contributed by atoms with Crippen molar-refractivity contribution in [3.63, 3.8) is 0 Å². The van der Waals surface area contributed by atoms with Crippen LogP contribution in [-0.2, 0) is 20.8 Å². The monoisotopic (exact) mass is 335 g/mol. The minimum atomic E-state index is -0.965. The van der Waals surface area contributed by atoms with E-state index in [2.05, 4.69) is 0 Å².